The van der Waals surface area contributed by atoms with Crippen molar-refractivity contribution >= 4 is 5.97 Å². The molecule has 5 nitrogen and oxygen atoms in total. The lowest BCUT2D eigenvalue weighted by atomic mass is 10.2. The van der Waals surface area contributed by atoms with E-state index in [2.05, 4.69) is 9.80 Å². The van der Waals surface area contributed by atoms with Crippen molar-refractivity contribution in [1.29, 1.82) is 0 Å². The summed E-state index contributed by atoms with van der Waals surface area (Å²) >= 11 is 0. The van der Waals surface area contributed by atoms with Crippen molar-refractivity contribution in [2.24, 2.45) is 0 Å². The second-order valence-corrected chi connectivity index (χ2v) is 4.15. The SMILES string of the molecule is COC(=O)C(C)N1CCCN(CCO)CC1. The molecule has 0 aliphatic carbocycles. The van der Waals surface area contributed by atoms with Crippen molar-refractivity contribution in [3.05, 3.63) is 0 Å². The molecule has 0 spiro atoms. The molecule has 0 radical (unpaired) electrons. The molecule has 1 aliphatic heterocycles. The number of hydrogen-bond acceptors (Lipinski definition) is 5. The number of rotatable bonds is 4. The van der Waals surface area contributed by atoms with Crippen LogP contribution in [0.4, 0.5) is 0 Å². The Hall–Kier alpha value is -0.650. The summed E-state index contributed by atoms with van der Waals surface area (Å²) in [6, 6.07) is -0.168. The summed E-state index contributed by atoms with van der Waals surface area (Å²) in [5.41, 5.74) is 0. The van der Waals surface area contributed by atoms with Gasteiger partial charge in [-0.05, 0) is 19.9 Å². The van der Waals surface area contributed by atoms with E-state index in [1.165, 1.54) is 7.11 Å². The van der Waals surface area contributed by atoms with Crippen LogP contribution in [-0.2, 0) is 9.53 Å². The number of β-amino-alcohol motifs (C(OH)–C–C–N with tert-alkyl or cyclic N) is 1. The van der Waals surface area contributed by atoms with E-state index in [1.54, 1.807) is 0 Å². The fourth-order valence-electron chi connectivity index (χ4n) is 2.06. The van der Waals surface area contributed by atoms with Gasteiger partial charge in [0.15, 0.2) is 0 Å². The molecule has 1 unspecified atom stereocenters. The van der Waals surface area contributed by atoms with E-state index in [9.17, 15) is 4.79 Å². The van der Waals surface area contributed by atoms with E-state index >= 15 is 0 Å². The van der Waals surface area contributed by atoms with Gasteiger partial charge < -0.3 is 9.84 Å². The van der Waals surface area contributed by atoms with Gasteiger partial charge >= 0.3 is 5.97 Å². The molecule has 1 saturated heterocycles. The monoisotopic (exact) mass is 230 g/mol. The molecule has 0 aromatic carbocycles. The van der Waals surface area contributed by atoms with Gasteiger partial charge in [0.1, 0.15) is 6.04 Å². The van der Waals surface area contributed by atoms with Crippen LogP contribution < -0.4 is 0 Å². The first-order valence-electron chi connectivity index (χ1n) is 5.84. The van der Waals surface area contributed by atoms with Gasteiger partial charge in [-0.2, -0.15) is 0 Å². The van der Waals surface area contributed by atoms with E-state index in [0.717, 1.165) is 39.1 Å². The maximum absolute atomic E-state index is 11.4. The van der Waals surface area contributed by atoms with Crippen LogP contribution in [0.3, 0.4) is 0 Å². The minimum Gasteiger partial charge on any atom is -0.468 e. The average Bonchev–Trinajstić information content (AvgIpc) is 2.53. The Kier molecular flexibility index (Phi) is 5.73. The quantitative estimate of drug-likeness (QED) is 0.663. The van der Waals surface area contributed by atoms with Crippen molar-refractivity contribution in [3.8, 4) is 0 Å². The second-order valence-electron chi connectivity index (χ2n) is 4.15. The van der Waals surface area contributed by atoms with Gasteiger partial charge in [0.25, 0.3) is 0 Å². The van der Waals surface area contributed by atoms with Gasteiger partial charge in [-0.1, -0.05) is 0 Å². The Morgan fingerprint density at radius 2 is 2.12 bits per heavy atom. The summed E-state index contributed by atoms with van der Waals surface area (Å²) in [4.78, 5) is 15.8. The highest BCUT2D eigenvalue weighted by Gasteiger charge is 2.24. The first-order chi connectivity index (χ1) is 7.69. The zero-order valence-electron chi connectivity index (χ0n) is 10.2. The minimum atomic E-state index is -0.171. The van der Waals surface area contributed by atoms with Crippen LogP contribution in [0.5, 0.6) is 0 Å². The van der Waals surface area contributed by atoms with Crippen LogP contribution in [0.1, 0.15) is 13.3 Å². The third kappa shape index (κ3) is 3.73. The fourth-order valence-corrected chi connectivity index (χ4v) is 2.06. The van der Waals surface area contributed by atoms with Gasteiger partial charge in [-0.3, -0.25) is 14.6 Å². The molecule has 1 atom stereocenters. The summed E-state index contributed by atoms with van der Waals surface area (Å²) in [5.74, 6) is -0.171. The highest BCUT2D eigenvalue weighted by Crippen LogP contribution is 2.07. The molecule has 0 amide bonds. The van der Waals surface area contributed by atoms with Crippen molar-refractivity contribution in [2.75, 3.05) is 46.4 Å². The van der Waals surface area contributed by atoms with Gasteiger partial charge in [0, 0.05) is 26.2 Å². The van der Waals surface area contributed by atoms with Gasteiger partial charge in [-0.15, -0.1) is 0 Å². The first-order valence-corrected chi connectivity index (χ1v) is 5.84. The molecule has 1 rings (SSSR count). The highest BCUT2D eigenvalue weighted by molar-refractivity contribution is 5.75. The van der Waals surface area contributed by atoms with Crippen LogP contribution in [0, 0.1) is 0 Å². The molecule has 5 heteroatoms. The summed E-state index contributed by atoms with van der Waals surface area (Å²) < 4.78 is 4.75. The molecule has 0 bridgehead atoms. The maximum atomic E-state index is 11.4. The number of ether oxygens (including phenoxy) is 1. The van der Waals surface area contributed by atoms with Crippen molar-refractivity contribution < 1.29 is 14.6 Å². The third-order valence-corrected chi connectivity index (χ3v) is 3.13. The number of nitrogens with zero attached hydrogens (tertiary/aromatic N) is 2. The minimum absolute atomic E-state index is 0.168. The number of hydrogen-bond donors (Lipinski definition) is 1. The Bertz CT molecular complexity index is 223. The van der Waals surface area contributed by atoms with E-state index in [1.807, 2.05) is 6.92 Å². The third-order valence-electron chi connectivity index (χ3n) is 3.13. The molecule has 0 aromatic heterocycles. The molecule has 1 N–H and O–H groups in total. The summed E-state index contributed by atoms with van der Waals surface area (Å²) in [6.07, 6.45) is 1.03. The predicted molar refractivity (Wildman–Crippen MR) is 61.2 cm³/mol. The molecule has 16 heavy (non-hydrogen) atoms. The molecule has 1 fully saturated rings. The standard InChI is InChI=1S/C11H22N2O3/c1-10(11(15)16-2)13-5-3-4-12(6-7-13)8-9-14/h10,14H,3-9H2,1-2H3. The maximum Gasteiger partial charge on any atom is 0.322 e. The number of carbonyl (C=O) groups is 1. The largest absolute Gasteiger partial charge is 0.468 e. The summed E-state index contributed by atoms with van der Waals surface area (Å²) in [5, 5.41) is 8.88. The normalized spacial score (nSPS) is 21.4. The molecule has 0 saturated carbocycles. The number of esters is 1. The van der Waals surface area contributed by atoms with Crippen molar-refractivity contribution in [1.82, 2.24) is 9.80 Å². The fraction of sp³-hybridized carbons (Fsp3) is 0.909. The average molecular weight is 230 g/mol. The highest BCUT2D eigenvalue weighted by atomic mass is 16.5. The van der Waals surface area contributed by atoms with Gasteiger partial charge in [-0.25, -0.2) is 0 Å². The van der Waals surface area contributed by atoms with Crippen LogP contribution in [0.25, 0.3) is 0 Å². The predicted octanol–water partition coefficient (Wildman–Crippen LogP) is -0.452. The Labute approximate surface area is 97.0 Å². The summed E-state index contributed by atoms with van der Waals surface area (Å²) in [7, 11) is 1.43. The number of aliphatic hydroxyl groups excluding tert-OH is 1. The van der Waals surface area contributed by atoms with Crippen LogP contribution in [0.15, 0.2) is 0 Å². The number of aliphatic hydroxyl groups is 1. The lowest BCUT2D eigenvalue weighted by molar-refractivity contribution is -0.146. The van der Waals surface area contributed by atoms with E-state index < -0.39 is 0 Å². The smallest absolute Gasteiger partial charge is 0.322 e. The first kappa shape index (κ1) is 13.4. The molecular weight excluding hydrogens is 208 g/mol. The van der Waals surface area contributed by atoms with E-state index in [4.69, 9.17) is 9.84 Å². The van der Waals surface area contributed by atoms with Gasteiger partial charge in [0.2, 0.25) is 0 Å². The molecule has 94 valence electrons. The van der Waals surface area contributed by atoms with Crippen LogP contribution >= 0.6 is 0 Å². The van der Waals surface area contributed by atoms with E-state index in [-0.39, 0.29) is 18.6 Å². The topological polar surface area (TPSA) is 53.0 Å². The van der Waals surface area contributed by atoms with Crippen molar-refractivity contribution in [3.63, 3.8) is 0 Å². The van der Waals surface area contributed by atoms with Crippen LogP contribution in [-0.4, -0.2) is 73.4 Å². The lowest BCUT2D eigenvalue weighted by Crippen LogP contribution is -2.42. The van der Waals surface area contributed by atoms with E-state index in [0.29, 0.717) is 0 Å². The molecule has 0 aromatic rings. The van der Waals surface area contributed by atoms with Crippen LogP contribution in [0.2, 0.25) is 0 Å². The Morgan fingerprint density at radius 3 is 2.75 bits per heavy atom. The van der Waals surface area contributed by atoms with Crippen molar-refractivity contribution in [2.45, 2.75) is 19.4 Å². The zero-order chi connectivity index (χ0) is 12.0. The van der Waals surface area contributed by atoms with Gasteiger partial charge in [0.05, 0.1) is 13.7 Å². The summed E-state index contributed by atoms with van der Waals surface area (Å²) in [6.45, 7) is 6.47. The lowest BCUT2D eigenvalue weighted by Gasteiger charge is -2.25. The Balaban J connectivity index is 2.43. The molecule has 1 aliphatic rings. The number of methoxy groups -OCH3 is 1. The Morgan fingerprint density at radius 1 is 1.38 bits per heavy atom. The molecular formula is C11H22N2O3. The zero-order valence-corrected chi connectivity index (χ0v) is 10.2. The second kappa shape index (κ2) is 6.83. The number of carbonyl (C=O) groups excluding carboxylic acids is 1. The molecule has 1 heterocycles.